The molecule has 1 N–H and O–H groups in total. The van der Waals surface area contributed by atoms with E-state index in [1.807, 2.05) is 44.3 Å². The molecule has 1 amide bonds. The zero-order chi connectivity index (χ0) is 23.0. The van der Waals surface area contributed by atoms with Gasteiger partial charge in [0.25, 0.3) is 5.91 Å². The Morgan fingerprint density at radius 3 is 2.94 bits per heavy atom. The van der Waals surface area contributed by atoms with Gasteiger partial charge in [-0.3, -0.25) is 9.78 Å². The lowest BCUT2D eigenvalue weighted by molar-refractivity contribution is 0.0757. The minimum absolute atomic E-state index is 0.222. The number of fused-ring (bicyclic) bond motifs is 2. The summed E-state index contributed by atoms with van der Waals surface area (Å²) in [6.45, 7) is 4.83. The van der Waals surface area contributed by atoms with Crippen molar-refractivity contribution in [3.8, 4) is 11.9 Å². The number of hydrogen-bond acceptors (Lipinski definition) is 6. The molecule has 8 nitrogen and oxygen atoms in total. The normalized spacial score (nSPS) is 17.4. The fourth-order valence-corrected chi connectivity index (χ4v) is 3.98. The number of carbonyl (C=O) groups excluding carboxylic acids is 1. The lowest BCUT2D eigenvalue weighted by Gasteiger charge is -2.30. The van der Waals surface area contributed by atoms with E-state index < -0.39 is 5.41 Å². The Morgan fingerprint density at radius 2 is 2.15 bits per heavy atom. The average molecular weight is 438 g/mol. The fraction of sp³-hybridized carbons (Fsp3) is 0.240. The summed E-state index contributed by atoms with van der Waals surface area (Å²) in [4.78, 5) is 22.0. The highest BCUT2D eigenvalue weighted by Gasteiger charge is 2.33. The lowest BCUT2D eigenvalue weighted by Crippen LogP contribution is -2.33. The first-order chi connectivity index (χ1) is 15.9. The summed E-state index contributed by atoms with van der Waals surface area (Å²) in [7, 11) is 0. The molecule has 4 heterocycles. The van der Waals surface area contributed by atoms with Gasteiger partial charge in [0.1, 0.15) is 5.41 Å². The molecular formula is C25H22N6O2. The first kappa shape index (κ1) is 20.8. The Bertz CT molecular complexity index is 1420. The van der Waals surface area contributed by atoms with E-state index in [1.54, 1.807) is 29.2 Å². The van der Waals surface area contributed by atoms with Gasteiger partial charge in [0, 0.05) is 23.3 Å². The van der Waals surface area contributed by atoms with Gasteiger partial charge >= 0.3 is 0 Å². The zero-order valence-corrected chi connectivity index (χ0v) is 18.4. The second kappa shape index (κ2) is 8.11. The van der Waals surface area contributed by atoms with Crippen molar-refractivity contribution in [1.29, 1.82) is 5.26 Å². The highest BCUT2D eigenvalue weighted by Crippen LogP contribution is 2.32. The number of amides is 1. The maximum atomic E-state index is 12.8. The largest absolute Gasteiger partial charge is 0.375 e. The van der Waals surface area contributed by atoms with Gasteiger partial charge in [-0.2, -0.15) is 10.4 Å². The highest BCUT2D eigenvalue weighted by atomic mass is 16.5. The third kappa shape index (κ3) is 3.95. The van der Waals surface area contributed by atoms with Crippen LogP contribution in [0, 0.1) is 18.3 Å². The Hall–Kier alpha value is -4.09. The predicted molar refractivity (Wildman–Crippen MR) is 122 cm³/mol. The first-order valence-corrected chi connectivity index (χ1v) is 10.6. The summed E-state index contributed by atoms with van der Waals surface area (Å²) in [5.41, 5.74) is 4.06. The molecule has 164 valence electrons. The van der Waals surface area contributed by atoms with E-state index in [9.17, 15) is 10.1 Å². The van der Waals surface area contributed by atoms with Gasteiger partial charge in [-0.15, -0.1) is 0 Å². The Morgan fingerprint density at radius 1 is 1.27 bits per heavy atom. The molecule has 0 unspecified atom stereocenters. The van der Waals surface area contributed by atoms with Crippen LogP contribution in [0.3, 0.4) is 0 Å². The van der Waals surface area contributed by atoms with Crippen molar-refractivity contribution in [2.75, 3.05) is 6.61 Å². The topological polar surface area (TPSA) is 106 Å². The van der Waals surface area contributed by atoms with Crippen LogP contribution in [0.2, 0.25) is 0 Å². The molecule has 0 saturated carbocycles. The molecular weight excluding hydrogens is 416 g/mol. The highest BCUT2D eigenvalue weighted by molar-refractivity contribution is 5.94. The molecule has 1 aliphatic rings. The fourth-order valence-electron chi connectivity index (χ4n) is 3.98. The summed E-state index contributed by atoms with van der Waals surface area (Å²) >= 11 is 0. The van der Waals surface area contributed by atoms with Crippen LogP contribution >= 0.6 is 0 Å². The smallest absolute Gasteiger partial charge is 0.251 e. The third-order valence-corrected chi connectivity index (χ3v) is 5.85. The van der Waals surface area contributed by atoms with E-state index in [1.165, 1.54) is 0 Å². The Kier molecular flexibility index (Phi) is 5.11. The SMILES string of the molecule is Cc1cnn(-c2ccc3cnc(CNC(=O)c4ccc5c(c4)[C@](C)(C#N)COC5)cc3n2)c1. The molecule has 5 rings (SSSR count). The lowest BCUT2D eigenvalue weighted by atomic mass is 9.79. The maximum absolute atomic E-state index is 12.8. The minimum Gasteiger partial charge on any atom is -0.375 e. The number of aromatic nitrogens is 4. The predicted octanol–water partition coefficient (Wildman–Crippen LogP) is 3.37. The second-order valence-corrected chi connectivity index (χ2v) is 8.49. The molecule has 0 fully saturated rings. The van der Waals surface area contributed by atoms with Gasteiger partial charge in [0.2, 0.25) is 0 Å². The van der Waals surface area contributed by atoms with E-state index in [2.05, 4.69) is 26.5 Å². The van der Waals surface area contributed by atoms with Crippen LogP contribution in [0.1, 0.15) is 39.7 Å². The van der Waals surface area contributed by atoms with E-state index in [0.717, 1.165) is 33.4 Å². The van der Waals surface area contributed by atoms with Crippen molar-refractivity contribution in [3.05, 3.63) is 82.9 Å². The number of ether oxygens (including phenoxy) is 1. The zero-order valence-electron chi connectivity index (χ0n) is 18.4. The van der Waals surface area contributed by atoms with Crippen molar-refractivity contribution in [2.24, 2.45) is 0 Å². The van der Waals surface area contributed by atoms with Crippen molar-refractivity contribution >= 4 is 16.8 Å². The molecule has 3 aromatic heterocycles. The molecule has 33 heavy (non-hydrogen) atoms. The van der Waals surface area contributed by atoms with Gasteiger partial charge in [0.05, 0.1) is 43.2 Å². The minimum atomic E-state index is -0.764. The van der Waals surface area contributed by atoms with Crippen molar-refractivity contribution in [2.45, 2.75) is 32.4 Å². The van der Waals surface area contributed by atoms with Crippen LogP contribution in [0.15, 0.2) is 55.0 Å². The number of pyridine rings is 2. The number of benzene rings is 1. The molecule has 1 atom stereocenters. The van der Waals surface area contributed by atoms with Crippen LogP contribution in [0.4, 0.5) is 0 Å². The summed E-state index contributed by atoms with van der Waals surface area (Å²) in [5, 5.41) is 17.7. The maximum Gasteiger partial charge on any atom is 0.251 e. The molecule has 0 radical (unpaired) electrons. The number of rotatable bonds is 4. The van der Waals surface area contributed by atoms with E-state index in [0.29, 0.717) is 24.5 Å². The quantitative estimate of drug-likeness (QED) is 0.524. The summed E-state index contributed by atoms with van der Waals surface area (Å²) in [6.07, 6.45) is 5.45. The Labute approximate surface area is 190 Å². The molecule has 8 heteroatoms. The third-order valence-electron chi connectivity index (χ3n) is 5.85. The van der Waals surface area contributed by atoms with Gasteiger partial charge < -0.3 is 10.1 Å². The molecule has 0 aliphatic carbocycles. The van der Waals surface area contributed by atoms with Gasteiger partial charge in [-0.05, 0) is 60.9 Å². The summed E-state index contributed by atoms with van der Waals surface area (Å²) in [6, 6.07) is 13.4. The monoisotopic (exact) mass is 438 g/mol. The Balaban J connectivity index is 1.35. The molecule has 4 aromatic rings. The van der Waals surface area contributed by atoms with Crippen molar-refractivity contribution < 1.29 is 9.53 Å². The van der Waals surface area contributed by atoms with E-state index >= 15 is 0 Å². The van der Waals surface area contributed by atoms with Gasteiger partial charge in [-0.1, -0.05) is 6.07 Å². The van der Waals surface area contributed by atoms with Crippen molar-refractivity contribution in [1.82, 2.24) is 25.1 Å². The van der Waals surface area contributed by atoms with Crippen LogP contribution in [-0.2, 0) is 23.3 Å². The van der Waals surface area contributed by atoms with Crippen molar-refractivity contribution in [3.63, 3.8) is 0 Å². The van der Waals surface area contributed by atoms with Crippen LogP contribution in [-0.4, -0.2) is 32.3 Å². The van der Waals surface area contributed by atoms with Crippen LogP contribution < -0.4 is 5.32 Å². The molecule has 0 spiro atoms. The summed E-state index contributed by atoms with van der Waals surface area (Å²) < 4.78 is 7.27. The molecule has 0 saturated heterocycles. The summed E-state index contributed by atoms with van der Waals surface area (Å²) in [5.74, 6) is 0.496. The first-order valence-electron chi connectivity index (χ1n) is 10.6. The molecule has 1 aliphatic heterocycles. The van der Waals surface area contributed by atoms with Gasteiger partial charge in [0.15, 0.2) is 5.82 Å². The van der Waals surface area contributed by atoms with Gasteiger partial charge in [-0.25, -0.2) is 9.67 Å². The average Bonchev–Trinajstić information content (AvgIpc) is 3.28. The second-order valence-electron chi connectivity index (χ2n) is 8.49. The molecule has 0 bridgehead atoms. The number of nitriles is 1. The number of hydrogen-bond donors (Lipinski definition) is 1. The standard InChI is InChI=1S/C25H22N6O2/c1-16-9-29-31(12-16)23-6-5-18-10-27-20(8-22(18)30-23)11-28-24(32)17-3-4-19-13-33-15-25(2,14-26)21(19)7-17/h3-10,12H,11,13,15H2,1-2H3,(H,28,32)/t25-/m1/s1. The van der Waals surface area contributed by atoms with Crippen LogP contribution in [0.25, 0.3) is 16.7 Å². The van der Waals surface area contributed by atoms with Crippen LogP contribution in [0.5, 0.6) is 0 Å². The number of nitrogens with zero attached hydrogens (tertiary/aromatic N) is 5. The van der Waals surface area contributed by atoms with E-state index in [4.69, 9.17) is 4.74 Å². The number of carbonyl (C=O) groups is 1. The number of aryl methyl sites for hydroxylation is 1. The number of nitrogens with one attached hydrogen (secondary N) is 1. The van der Waals surface area contributed by atoms with E-state index in [-0.39, 0.29) is 12.5 Å². The molecule has 1 aromatic carbocycles.